The van der Waals surface area contributed by atoms with Gasteiger partial charge in [-0.2, -0.15) is 0 Å². The van der Waals surface area contributed by atoms with Gasteiger partial charge in [0.15, 0.2) is 0 Å². The van der Waals surface area contributed by atoms with E-state index in [2.05, 4.69) is 31.3 Å². The predicted octanol–water partition coefficient (Wildman–Crippen LogP) is 22.8. The van der Waals surface area contributed by atoms with Crippen LogP contribution in [0.1, 0.15) is 406 Å². The molecule has 0 aliphatic carbocycles. The maximum absolute atomic E-state index is 12.5. The van der Waals surface area contributed by atoms with E-state index in [9.17, 15) is 19.8 Å². The van der Waals surface area contributed by atoms with Gasteiger partial charge < -0.3 is 20.3 Å². The molecule has 0 fully saturated rings. The van der Waals surface area contributed by atoms with Crippen LogP contribution in [-0.4, -0.2) is 47.4 Å². The number of amides is 1. The van der Waals surface area contributed by atoms with E-state index in [0.29, 0.717) is 25.9 Å². The zero-order valence-electron chi connectivity index (χ0n) is 52.5. The van der Waals surface area contributed by atoms with Crippen molar-refractivity contribution >= 4 is 11.9 Å². The molecule has 2 atom stereocenters. The molecule has 0 aliphatic rings. The number of nitrogens with one attached hydrogen (secondary N) is 1. The van der Waals surface area contributed by atoms with Crippen LogP contribution in [0.3, 0.4) is 0 Å². The number of carbonyl (C=O) groups is 2. The summed E-state index contributed by atoms with van der Waals surface area (Å²) in [6.07, 6.45) is 82.8. The lowest BCUT2D eigenvalue weighted by atomic mass is 10.0. The number of allylic oxidation sites excluding steroid dienone is 2. The van der Waals surface area contributed by atoms with Crippen LogP contribution in [0.5, 0.6) is 0 Å². The van der Waals surface area contributed by atoms with E-state index in [4.69, 9.17) is 4.74 Å². The lowest BCUT2D eigenvalue weighted by Gasteiger charge is -2.22. The minimum absolute atomic E-state index is 0.0206. The fraction of sp³-hybridized carbons (Fsp3) is 0.944. The topological polar surface area (TPSA) is 95.9 Å². The fourth-order valence-corrected chi connectivity index (χ4v) is 11.4. The molecule has 0 heterocycles. The molecule has 1 amide bonds. The molecular weight excluding hydrogens is 947 g/mol. The molecule has 0 rings (SSSR count). The third-order valence-corrected chi connectivity index (χ3v) is 16.8. The van der Waals surface area contributed by atoms with Crippen LogP contribution in [-0.2, 0) is 14.3 Å². The lowest BCUT2D eigenvalue weighted by Crippen LogP contribution is -2.45. The molecule has 0 bridgehead atoms. The Balaban J connectivity index is 3.32. The van der Waals surface area contributed by atoms with E-state index < -0.39 is 12.1 Å². The van der Waals surface area contributed by atoms with E-state index >= 15 is 0 Å². The highest BCUT2D eigenvalue weighted by atomic mass is 16.5. The normalized spacial score (nSPS) is 12.5. The van der Waals surface area contributed by atoms with E-state index in [1.807, 2.05) is 0 Å². The van der Waals surface area contributed by atoms with E-state index in [-0.39, 0.29) is 18.5 Å². The Morgan fingerprint density at radius 2 is 0.610 bits per heavy atom. The summed E-state index contributed by atoms with van der Waals surface area (Å²) in [7, 11) is 0. The number of aliphatic hydroxyl groups excluding tert-OH is 2. The van der Waals surface area contributed by atoms with Gasteiger partial charge in [-0.15, -0.1) is 0 Å². The number of esters is 1. The van der Waals surface area contributed by atoms with Gasteiger partial charge in [-0.1, -0.05) is 353 Å². The van der Waals surface area contributed by atoms with Crippen molar-refractivity contribution in [3.63, 3.8) is 0 Å². The van der Waals surface area contributed by atoms with Crippen molar-refractivity contribution < 1.29 is 24.5 Å². The summed E-state index contributed by atoms with van der Waals surface area (Å²) in [5.74, 6) is -0.00782. The monoisotopic (exact) mass is 1090 g/mol. The fourth-order valence-electron chi connectivity index (χ4n) is 11.4. The predicted molar refractivity (Wildman–Crippen MR) is 338 cm³/mol. The van der Waals surface area contributed by atoms with Gasteiger partial charge in [0.05, 0.1) is 25.4 Å². The number of hydrogen-bond acceptors (Lipinski definition) is 5. The third kappa shape index (κ3) is 63.6. The molecule has 0 spiro atoms. The Morgan fingerprint density at radius 1 is 0.351 bits per heavy atom. The Kier molecular flexibility index (Phi) is 65.9. The number of ether oxygens (including phenoxy) is 1. The molecule has 3 N–H and O–H groups in total. The second-order valence-electron chi connectivity index (χ2n) is 24.6. The zero-order chi connectivity index (χ0) is 55.7. The van der Waals surface area contributed by atoms with Gasteiger partial charge in [-0.05, 0) is 51.4 Å². The summed E-state index contributed by atoms with van der Waals surface area (Å²) < 4.78 is 5.48. The molecule has 77 heavy (non-hydrogen) atoms. The van der Waals surface area contributed by atoms with Crippen molar-refractivity contribution in [2.75, 3.05) is 13.2 Å². The Hall–Kier alpha value is -1.40. The number of hydrogen-bond donors (Lipinski definition) is 3. The second kappa shape index (κ2) is 67.1. The highest BCUT2D eigenvalue weighted by Gasteiger charge is 2.20. The van der Waals surface area contributed by atoms with Crippen molar-refractivity contribution in [1.29, 1.82) is 0 Å². The maximum Gasteiger partial charge on any atom is 0.305 e. The molecule has 458 valence electrons. The molecule has 0 aromatic carbocycles. The van der Waals surface area contributed by atoms with Crippen molar-refractivity contribution in [3.8, 4) is 0 Å². The molecule has 0 aromatic heterocycles. The molecular formula is C71H139NO5. The molecule has 0 aliphatic heterocycles. The van der Waals surface area contributed by atoms with E-state index in [1.165, 1.54) is 334 Å². The Bertz CT molecular complexity index is 1160. The van der Waals surface area contributed by atoms with Crippen LogP contribution in [0.2, 0.25) is 0 Å². The second-order valence-corrected chi connectivity index (χ2v) is 24.6. The highest BCUT2D eigenvalue weighted by Crippen LogP contribution is 2.19. The zero-order valence-corrected chi connectivity index (χ0v) is 52.5. The van der Waals surface area contributed by atoms with Gasteiger partial charge in [0.1, 0.15) is 0 Å². The average Bonchev–Trinajstić information content (AvgIpc) is 3.43. The van der Waals surface area contributed by atoms with Crippen LogP contribution in [0.15, 0.2) is 12.2 Å². The van der Waals surface area contributed by atoms with Crippen LogP contribution in [0.4, 0.5) is 0 Å². The van der Waals surface area contributed by atoms with Gasteiger partial charge in [-0.25, -0.2) is 0 Å². The largest absolute Gasteiger partial charge is 0.466 e. The molecule has 0 saturated carbocycles. The third-order valence-electron chi connectivity index (χ3n) is 16.8. The van der Waals surface area contributed by atoms with Crippen LogP contribution in [0, 0.1) is 0 Å². The Morgan fingerprint density at radius 3 is 0.922 bits per heavy atom. The van der Waals surface area contributed by atoms with Gasteiger partial charge in [0.2, 0.25) is 5.91 Å². The first-order valence-electron chi connectivity index (χ1n) is 35.4. The number of aliphatic hydroxyl groups is 2. The standard InChI is InChI=1S/C71H139NO5/c1-3-5-7-9-11-13-15-16-40-44-47-51-55-59-63-69(74)68(67-73)72-70(75)64-60-56-52-48-45-41-38-36-34-32-30-28-26-24-22-20-18-17-19-21-23-25-27-29-31-33-35-37-39-42-46-50-54-58-62-66-77-71(76)65-61-57-53-49-43-14-12-10-8-6-4-2/h19,21,68-69,73-74H,3-18,20,22-67H2,1-2H3,(H,72,75)/b21-19-. The van der Waals surface area contributed by atoms with Gasteiger partial charge in [-0.3, -0.25) is 9.59 Å². The SMILES string of the molecule is CCCCCCCCCCCCCCCCC(O)C(CO)NC(=O)CCCCCCCCCCCCCCCCCCC/C=C\CCCCCCCCCCCCCCCCOC(=O)CCCCCCCCCCCCC. The average molecular weight is 1090 g/mol. The first-order valence-corrected chi connectivity index (χ1v) is 35.4. The maximum atomic E-state index is 12.5. The van der Waals surface area contributed by atoms with Gasteiger partial charge in [0.25, 0.3) is 0 Å². The molecule has 6 heteroatoms. The van der Waals surface area contributed by atoms with Crippen molar-refractivity contribution in [1.82, 2.24) is 5.32 Å². The number of rotatable bonds is 67. The number of carbonyl (C=O) groups excluding carboxylic acids is 2. The van der Waals surface area contributed by atoms with Crippen molar-refractivity contribution in [2.45, 2.75) is 418 Å². The quantitative estimate of drug-likeness (QED) is 0.0320. The number of unbranched alkanes of at least 4 members (excludes halogenated alkanes) is 54. The van der Waals surface area contributed by atoms with Crippen LogP contribution >= 0.6 is 0 Å². The molecule has 2 unspecified atom stereocenters. The van der Waals surface area contributed by atoms with E-state index in [1.54, 1.807) is 0 Å². The van der Waals surface area contributed by atoms with E-state index in [0.717, 1.165) is 38.5 Å². The van der Waals surface area contributed by atoms with Gasteiger partial charge in [0, 0.05) is 12.8 Å². The van der Waals surface area contributed by atoms with Crippen LogP contribution < -0.4 is 5.32 Å². The summed E-state index contributed by atoms with van der Waals surface area (Å²) in [5.41, 5.74) is 0. The smallest absolute Gasteiger partial charge is 0.305 e. The molecule has 0 radical (unpaired) electrons. The minimum atomic E-state index is -0.660. The Labute approximate surface area is 482 Å². The summed E-state index contributed by atoms with van der Waals surface area (Å²) in [6, 6.07) is -0.537. The van der Waals surface area contributed by atoms with Gasteiger partial charge >= 0.3 is 5.97 Å². The lowest BCUT2D eigenvalue weighted by molar-refractivity contribution is -0.143. The first kappa shape index (κ1) is 75.6. The summed E-state index contributed by atoms with van der Waals surface area (Å²) >= 11 is 0. The molecule has 0 aromatic rings. The summed E-state index contributed by atoms with van der Waals surface area (Å²) in [4.78, 5) is 24.5. The summed E-state index contributed by atoms with van der Waals surface area (Å²) in [5, 5.41) is 23.3. The van der Waals surface area contributed by atoms with Crippen molar-refractivity contribution in [3.05, 3.63) is 12.2 Å². The highest BCUT2D eigenvalue weighted by molar-refractivity contribution is 5.76. The molecule has 6 nitrogen and oxygen atoms in total. The van der Waals surface area contributed by atoms with Crippen LogP contribution in [0.25, 0.3) is 0 Å². The molecule has 0 saturated heterocycles. The summed E-state index contributed by atoms with van der Waals surface area (Å²) in [6.45, 7) is 4.98. The van der Waals surface area contributed by atoms with Crippen molar-refractivity contribution in [2.24, 2.45) is 0 Å². The first-order chi connectivity index (χ1) is 38.0. The minimum Gasteiger partial charge on any atom is -0.466 e.